The molecule has 31 heavy (non-hydrogen) atoms. The van der Waals surface area contributed by atoms with Crippen molar-refractivity contribution in [2.45, 2.75) is 39.8 Å². The molecule has 0 spiro atoms. The first-order valence-corrected chi connectivity index (χ1v) is 10.5. The van der Waals surface area contributed by atoms with Crippen molar-refractivity contribution in [2.24, 2.45) is 0 Å². The number of hydrogen-bond donors (Lipinski definition) is 0. The molecule has 0 unspecified atom stereocenters. The van der Waals surface area contributed by atoms with Gasteiger partial charge in [0.25, 0.3) is 5.56 Å². The van der Waals surface area contributed by atoms with Crippen molar-refractivity contribution >= 4 is 34.0 Å². The van der Waals surface area contributed by atoms with Crippen LogP contribution in [-0.4, -0.2) is 26.6 Å². The number of aromatic nitrogens is 3. The zero-order valence-corrected chi connectivity index (χ0v) is 17.9. The molecule has 8 nitrogen and oxygen atoms in total. The molecule has 162 valence electrons. The molecule has 2 aromatic heterocycles. The molecule has 1 amide bonds. The Kier molecular flexibility index (Phi) is 7.24. The second-order valence-electron chi connectivity index (χ2n) is 6.64. The van der Waals surface area contributed by atoms with Gasteiger partial charge in [0, 0.05) is 24.9 Å². The number of para-hydroxylation sites is 1. The lowest BCUT2D eigenvalue weighted by Crippen LogP contribution is -2.25. The fraction of sp³-hybridized carbons (Fsp3) is 0.286. The number of aryl methyl sites for hydroxylation is 1. The third kappa shape index (κ3) is 5.40. The second-order valence-corrected chi connectivity index (χ2v) is 7.47. The van der Waals surface area contributed by atoms with Crippen LogP contribution in [-0.2, 0) is 22.7 Å². The zero-order chi connectivity index (χ0) is 22.4. The number of carbonyl (C=O) groups is 2. The van der Waals surface area contributed by atoms with E-state index < -0.39 is 17.7 Å². The van der Waals surface area contributed by atoms with E-state index >= 15 is 0 Å². The summed E-state index contributed by atoms with van der Waals surface area (Å²) < 4.78 is 20.6. The minimum Gasteiger partial charge on any atom is -0.454 e. The molecule has 0 saturated heterocycles. The Morgan fingerprint density at radius 3 is 2.71 bits per heavy atom. The van der Waals surface area contributed by atoms with Gasteiger partial charge in [0.1, 0.15) is 12.4 Å². The maximum absolute atomic E-state index is 14.2. The average molecular weight is 444 g/mol. The molecule has 10 heteroatoms. The summed E-state index contributed by atoms with van der Waals surface area (Å²) in [6.07, 6.45) is 1.65. The predicted octanol–water partition coefficient (Wildman–Crippen LogP) is 3.68. The van der Waals surface area contributed by atoms with Gasteiger partial charge < -0.3 is 4.74 Å². The number of benzene rings is 1. The number of unbranched alkanes of at least 4 members (excludes halogenated alkanes) is 1. The highest BCUT2D eigenvalue weighted by molar-refractivity contribution is 7.14. The number of ether oxygens (including phenoxy) is 1. The van der Waals surface area contributed by atoms with E-state index in [-0.39, 0.29) is 28.7 Å². The third-order valence-corrected chi connectivity index (χ3v) is 5.16. The van der Waals surface area contributed by atoms with Crippen LogP contribution in [0, 0.1) is 5.82 Å². The van der Waals surface area contributed by atoms with Crippen molar-refractivity contribution in [3.63, 3.8) is 0 Å². The Hall–Kier alpha value is -3.40. The number of hydrogen-bond acceptors (Lipinski definition) is 7. The van der Waals surface area contributed by atoms with Crippen LogP contribution < -0.4 is 10.5 Å². The standard InChI is InChI=1S/C21H21FN4O4S/c1-3-4-11-25-19(28)10-9-17(24-25)20(29)30-12-15-13-31-21(23-15)26(14(2)27)18-8-6-5-7-16(18)22/h5-10,13H,3-4,11-12H2,1-2H3. The van der Waals surface area contributed by atoms with E-state index in [2.05, 4.69) is 10.1 Å². The molecule has 2 heterocycles. The molecule has 1 aromatic carbocycles. The van der Waals surface area contributed by atoms with Gasteiger partial charge in [0.2, 0.25) is 5.91 Å². The van der Waals surface area contributed by atoms with Crippen molar-refractivity contribution < 1.29 is 18.7 Å². The quantitative estimate of drug-likeness (QED) is 0.492. The molecule has 0 saturated carbocycles. The Balaban J connectivity index is 1.71. The summed E-state index contributed by atoms with van der Waals surface area (Å²) in [4.78, 5) is 41.7. The molecule has 0 atom stereocenters. The summed E-state index contributed by atoms with van der Waals surface area (Å²) >= 11 is 1.13. The maximum atomic E-state index is 14.2. The number of rotatable bonds is 8. The fourth-order valence-corrected chi connectivity index (χ4v) is 3.61. The smallest absolute Gasteiger partial charge is 0.359 e. The number of carbonyl (C=O) groups excluding carboxylic acids is 2. The summed E-state index contributed by atoms with van der Waals surface area (Å²) in [5.74, 6) is -1.65. The van der Waals surface area contributed by atoms with Crippen molar-refractivity contribution in [3.8, 4) is 0 Å². The minimum absolute atomic E-state index is 0.0166. The number of thiazole rings is 1. The zero-order valence-electron chi connectivity index (χ0n) is 17.1. The second kappa shape index (κ2) is 10.1. The van der Waals surface area contributed by atoms with Crippen LogP contribution in [0.1, 0.15) is 42.9 Å². The Morgan fingerprint density at radius 1 is 1.23 bits per heavy atom. The summed E-state index contributed by atoms with van der Waals surface area (Å²) in [7, 11) is 0. The van der Waals surface area contributed by atoms with E-state index in [4.69, 9.17) is 4.74 Å². The number of esters is 1. The Labute approximate surface area is 181 Å². The highest BCUT2D eigenvalue weighted by Crippen LogP contribution is 2.30. The molecule has 0 N–H and O–H groups in total. The van der Waals surface area contributed by atoms with E-state index in [1.807, 2.05) is 6.92 Å². The largest absolute Gasteiger partial charge is 0.454 e. The lowest BCUT2D eigenvalue weighted by Gasteiger charge is -2.18. The predicted molar refractivity (Wildman–Crippen MR) is 114 cm³/mol. The van der Waals surface area contributed by atoms with E-state index in [9.17, 15) is 18.8 Å². The maximum Gasteiger partial charge on any atom is 0.359 e. The number of halogens is 1. The summed E-state index contributed by atoms with van der Waals surface area (Å²) in [5.41, 5.74) is 0.219. The van der Waals surface area contributed by atoms with E-state index in [0.29, 0.717) is 12.2 Å². The van der Waals surface area contributed by atoms with Gasteiger partial charge >= 0.3 is 5.97 Å². The van der Waals surface area contributed by atoms with Crippen LogP contribution in [0.3, 0.4) is 0 Å². The SMILES string of the molecule is CCCCn1nc(C(=O)OCc2csc(N(C(C)=O)c3ccccc3F)n2)ccc1=O. The first-order valence-electron chi connectivity index (χ1n) is 9.65. The van der Waals surface area contributed by atoms with Gasteiger partial charge in [0.05, 0.1) is 11.4 Å². The fourth-order valence-electron chi connectivity index (χ4n) is 2.75. The third-order valence-electron chi connectivity index (χ3n) is 4.29. The topological polar surface area (TPSA) is 94.4 Å². The molecular weight excluding hydrogens is 423 g/mol. The van der Waals surface area contributed by atoms with Crippen LogP contribution in [0.4, 0.5) is 15.2 Å². The molecule has 0 bridgehead atoms. The number of amides is 1. The molecule has 0 aliphatic carbocycles. The van der Waals surface area contributed by atoms with Crippen LogP contribution in [0.2, 0.25) is 0 Å². The van der Waals surface area contributed by atoms with E-state index in [0.717, 1.165) is 29.1 Å². The molecule has 0 aliphatic rings. The summed E-state index contributed by atoms with van der Waals surface area (Å²) in [5, 5.41) is 5.92. The van der Waals surface area contributed by atoms with Gasteiger partial charge in [-0.15, -0.1) is 11.3 Å². The average Bonchev–Trinajstić information content (AvgIpc) is 3.21. The van der Waals surface area contributed by atoms with E-state index in [1.54, 1.807) is 11.4 Å². The molecular formula is C21H21FN4O4S. The Morgan fingerprint density at radius 2 is 2.00 bits per heavy atom. The van der Waals surface area contributed by atoms with Gasteiger partial charge in [-0.25, -0.2) is 18.9 Å². The lowest BCUT2D eigenvalue weighted by molar-refractivity contribution is -0.115. The molecule has 0 fully saturated rings. The number of anilines is 2. The van der Waals surface area contributed by atoms with Crippen LogP contribution in [0.15, 0.2) is 46.6 Å². The van der Waals surface area contributed by atoms with Crippen molar-refractivity contribution in [1.82, 2.24) is 14.8 Å². The normalized spacial score (nSPS) is 10.7. The first kappa shape index (κ1) is 22.3. The molecule has 3 aromatic rings. The number of nitrogens with zero attached hydrogens (tertiary/aromatic N) is 4. The van der Waals surface area contributed by atoms with Gasteiger partial charge in [-0.3, -0.25) is 14.5 Å². The highest BCUT2D eigenvalue weighted by atomic mass is 32.1. The van der Waals surface area contributed by atoms with Crippen molar-refractivity contribution in [2.75, 3.05) is 4.90 Å². The lowest BCUT2D eigenvalue weighted by atomic mass is 10.3. The minimum atomic E-state index is -0.697. The van der Waals surface area contributed by atoms with Gasteiger partial charge in [-0.05, 0) is 24.6 Å². The molecule has 3 rings (SSSR count). The summed E-state index contributed by atoms with van der Waals surface area (Å²) in [6.45, 7) is 3.56. The van der Waals surface area contributed by atoms with Crippen LogP contribution >= 0.6 is 11.3 Å². The molecule has 0 radical (unpaired) electrons. The summed E-state index contributed by atoms with van der Waals surface area (Å²) in [6, 6.07) is 8.49. The highest BCUT2D eigenvalue weighted by Gasteiger charge is 2.21. The van der Waals surface area contributed by atoms with Crippen LogP contribution in [0.25, 0.3) is 0 Å². The first-order chi connectivity index (χ1) is 14.9. The van der Waals surface area contributed by atoms with Gasteiger partial charge in [-0.1, -0.05) is 25.5 Å². The molecule has 0 aliphatic heterocycles. The van der Waals surface area contributed by atoms with Crippen molar-refractivity contribution in [3.05, 3.63) is 69.3 Å². The van der Waals surface area contributed by atoms with E-state index in [1.165, 1.54) is 41.9 Å². The monoisotopic (exact) mass is 444 g/mol. The van der Waals surface area contributed by atoms with Gasteiger partial charge in [0.15, 0.2) is 10.8 Å². The Bertz CT molecular complexity index is 1140. The van der Waals surface area contributed by atoms with Crippen LogP contribution in [0.5, 0.6) is 0 Å². The van der Waals surface area contributed by atoms with Gasteiger partial charge in [-0.2, -0.15) is 5.10 Å². The van der Waals surface area contributed by atoms with Crippen molar-refractivity contribution in [1.29, 1.82) is 0 Å².